The first-order valence-electron chi connectivity index (χ1n) is 6.22. The summed E-state index contributed by atoms with van der Waals surface area (Å²) in [6.45, 7) is 7.31. The molecule has 110 valence electrons. The van der Waals surface area contributed by atoms with Gasteiger partial charge in [-0.05, 0) is 18.8 Å². The maximum absolute atomic E-state index is 12.7. The molecule has 0 aromatic carbocycles. The summed E-state index contributed by atoms with van der Waals surface area (Å²) < 4.78 is 38.2. The molecule has 0 aromatic heterocycles. The lowest BCUT2D eigenvalue weighted by Crippen LogP contribution is -2.62. The highest BCUT2D eigenvalue weighted by molar-refractivity contribution is 5.87. The SMILES string of the molecule is CC(C)(C)C1=CCN(C(=O)C(C)(N)C(F)(F)F)CC1. The Morgan fingerprint density at radius 1 is 1.26 bits per heavy atom. The van der Waals surface area contributed by atoms with Crippen molar-refractivity contribution in [1.29, 1.82) is 0 Å². The van der Waals surface area contributed by atoms with Crippen LogP contribution in [0.4, 0.5) is 13.2 Å². The van der Waals surface area contributed by atoms with Gasteiger partial charge in [-0.25, -0.2) is 0 Å². The molecular weight excluding hydrogens is 257 g/mol. The first-order chi connectivity index (χ1) is 8.37. The maximum Gasteiger partial charge on any atom is 0.415 e. The fraction of sp³-hybridized carbons (Fsp3) is 0.769. The summed E-state index contributed by atoms with van der Waals surface area (Å²) in [6.07, 6.45) is -2.32. The summed E-state index contributed by atoms with van der Waals surface area (Å²) in [5.74, 6) is -1.07. The van der Waals surface area contributed by atoms with E-state index in [1.165, 1.54) is 4.90 Å². The van der Waals surface area contributed by atoms with Crippen molar-refractivity contribution in [3.05, 3.63) is 11.6 Å². The van der Waals surface area contributed by atoms with Crippen LogP contribution in [-0.2, 0) is 4.79 Å². The van der Waals surface area contributed by atoms with E-state index < -0.39 is 17.6 Å². The van der Waals surface area contributed by atoms with Gasteiger partial charge in [0.2, 0.25) is 0 Å². The molecule has 0 aromatic rings. The Bertz CT molecular complexity index is 392. The Kier molecular flexibility index (Phi) is 4.06. The molecule has 0 saturated heterocycles. The number of amides is 1. The number of halogens is 3. The molecule has 1 aliphatic heterocycles. The van der Waals surface area contributed by atoms with Gasteiger partial charge in [0.1, 0.15) is 0 Å². The van der Waals surface area contributed by atoms with Gasteiger partial charge in [0, 0.05) is 13.1 Å². The molecule has 6 heteroatoms. The van der Waals surface area contributed by atoms with Gasteiger partial charge >= 0.3 is 6.18 Å². The van der Waals surface area contributed by atoms with E-state index in [4.69, 9.17) is 5.73 Å². The third-order valence-corrected chi connectivity index (χ3v) is 3.49. The predicted octanol–water partition coefficient (Wildman–Crippen LogP) is 2.47. The van der Waals surface area contributed by atoms with Crippen molar-refractivity contribution in [1.82, 2.24) is 4.90 Å². The number of rotatable bonds is 1. The van der Waals surface area contributed by atoms with Gasteiger partial charge in [0.05, 0.1) is 0 Å². The minimum absolute atomic E-state index is 0.0226. The lowest BCUT2D eigenvalue weighted by molar-refractivity contribution is -0.193. The average Bonchev–Trinajstić information content (AvgIpc) is 2.25. The van der Waals surface area contributed by atoms with Gasteiger partial charge in [-0.1, -0.05) is 32.4 Å². The summed E-state index contributed by atoms with van der Waals surface area (Å²) in [5, 5.41) is 0. The maximum atomic E-state index is 12.7. The third kappa shape index (κ3) is 3.29. The number of hydrogen-bond acceptors (Lipinski definition) is 2. The molecule has 1 heterocycles. The van der Waals surface area contributed by atoms with Crippen molar-refractivity contribution < 1.29 is 18.0 Å². The first-order valence-corrected chi connectivity index (χ1v) is 6.22. The fourth-order valence-corrected chi connectivity index (χ4v) is 1.98. The highest BCUT2D eigenvalue weighted by atomic mass is 19.4. The molecule has 0 saturated carbocycles. The van der Waals surface area contributed by atoms with E-state index in [1.54, 1.807) is 0 Å². The van der Waals surface area contributed by atoms with Gasteiger partial charge in [-0.3, -0.25) is 4.79 Å². The average molecular weight is 278 g/mol. The molecule has 1 unspecified atom stereocenters. The highest BCUT2D eigenvalue weighted by Crippen LogP contribution is 2.33. The molecule has 0 fully saturated rings. The summed E-state index contributed by atoms with van der Waals surface area (Å²) >= 11 is 0. The molecule has 0 bridgehead atoms. The number of alkyl halides is 3. The zero-order valence-electron chi connectivity index (χ0n) is 11.8. The number of carbonyl (C=O) groups excluding carboxylic acids is 1. The molecule has 0 spiro atoms. The molecule has 2 N–H and O–H groups in total. The van der Waals surface area contributed by atoms with Crippen molar-refractivity contribution in [2.45, 2.75) is 45.8 Å². The Balaban J connectivity index is 2.82. The summed E-state index contributed by atoms with van der Waals surface area (Å²) in [7, 11) is 0. The van der Waals surface area contributed by atoms with Gasteiger partial charge in [-0.15, -0.1) is 0 Å². The van der Waals surface area contributed by atoms with Crippen LogP contribution in [0.15, 0.2) is 11.6 Å². The van der Waals surface area contributed by atoms with Crippen molar-refractivity contribution in [3.63, 3.8) is 0 Å². The quantitative estimate of drug-likeness (QED) is 0.749. The molecule has 1 atom stereocenters. The van der Waals surface area contributed by atoms with Crippen LogP contribution in [0.25, 0.3) is 0 Å². The van der Waals surface area contributed by atoms with E-state index >= 15 is 0 Å². The van der Waals surface area contributed by atoms with Gasteiger partial charge in [0.15, 0.2) is 5.54 Å². The van der Waals surface area contributed by atoms with Crippen LogP contribution in [0, 0.1) is 5.41 Å². The molecular formula is C13H21F3N2O. The van der Waals surface area contributed by atoms with Crippen LogP contribution in [0.2, 0.25) is 0 Å². The van der Waals surface area contributed by atoms with Crippen LogP contribution in [0.1, 0.15) is 34.1 Å². The summed E-state index contributed by atoms with van der Waals surface area (Å²) in [4.78, 5) is 13.0. The molecule has 19 heavy (non-hydrogen) atoms. The lowest BCUT2D eigenvalue weighted by atomic mass is 9.82. The third-order valence-electron chi connectivity index (χ3n) is 3.49. The first kappa shape index (κ1) is 16.0. The number of carbonyl (C=O) groups is 1. The molecule has 0 aliphatic carbocycles. The zero-order chi connectivity index (χ0) is 15.1. The van der Waals surface area contributed by atoms with Gasteiger partial charge < -0.3 is 10.6 Å². The Morgan fingerprint density at radius 3 is 2.11 bits per heavy atom. The second-order valence-electron chi connectivity index (χ2n) is 6.18. The summed E-state index contributed by atoms with van der Waals surface area (Å²) in [6, 6.07) is 0. The van der Waals surface area contributed by atoms with E-state index in [-0.39, 0.29) is 18.5 Å². The van der Waals surface area contributed by atoms with Gasteiger partial charge in [0.25, 0.3) is 5.91 Å². The molecule has 1 aliphatic rings. The van der Waals surface area contributed by atoms with E-state index in [0.717, 1.165) is 12.5 Å². The fourth-order valence-electron chi connectivity index (χ4n) is 1.98. The van der Waals surface area contributed by atoms with Crippen molar-refractivity contribution in [3.8, 4) is 0 Å². The minimum Gasteiger partial charge on any atom is -0.337 e. The molecule has 1 amide bonds. The van der Waals surface area contributed by atoms with E-state index in [0.29, 0.717) is 6.42 Å². The number of nitrogens with two attached hydrogens (primary N) is 1. The summed E-state index contributed by atoms with van der Waals surface area (Å²) in [5.41, 5.74) is 3.46. The van der Waals surface area contributed by atoms with Crippen molar-refractivity contribution in [2.75, 3.05) is 13.1 Å². The predicted molar refractivity (Wildman–Crippen MR) is 67.4 cm³/mol. The lowest BCUT2D eigenvalue weighted by Gasteiger charge is -2.36. The zero-order valence-corrected chi connectivity index (χ0v) is 11.8. The molecule has 0 radical (unpaired) electrons. The second kappa shape index (κ2) is 4.81. The van der Waals surface area contributed by atoms with Gasteiger partial charge in [-0.2, -0.15) is 13.2 Å². The Hall–Kier alpha value is -1.04. The monoisotopic (exact) mass is 278 g/mol. The number of nitrogens with zero attached hydrogens (tertiary/aromatic N) is 1. The van der Waals surface area contributed by atoms with Crippen LogP contribution in [-0.4, -0.2) is 35.6 Å². The van der Waals surface area contributed by atoms with E-state index in [2.05, 4.69) is 0 Å². The Morgan fingerprint density at radius 2 is 1.79 bits per heavy atom. The molecule has 3 nitrogen and oxygen atoms in total. The second-order valence-corrected chi connectivity index (χ2v) is 6.18. The van der Waals surface area contributed by atoms with E-state index in [1.807, 2.05) is 26.8 Å². The smallest absolute Gasteiger partial charge is 0.337 e. The van der Waals surface area contributed by atoms with Crippen molar-refractivity contribution >= 4 is 5.91 Å². The normalized spacial score (nSPS) is 20.8. The highest BCUT2D eigenvalue weighted by Gasteiger charge is 2.55. The number of hydrogen-bond donors (Lipinski definition) is 1. The topological polar surface area (TPSA) is 46.3 Å². The standard InChI is InChI=1S/C13H21F3N2O/c1-11(2,3)9-5-7-18(8-6-9)10(19)12(4,17)13(14,15)16/h5H,6-8,17H2,1-4H3. The van der Waals surface area contributed by atoms with Crippen LogP contribution < -0.4 is 5.73 Å². The Labute approximate surface area is 111 Å². The van der Waals surface area contributed by atoms with E-state index in [9.17, 15) is 18.0 Å². The van der Waals surface area contributed by atoms with Crippen LogP contribution in [0.5, 0.6) is 0 Å². The van der Waals surface area contributed by atoms with Crippen LogP contribution >= 0.6 is 0 Å². The minimum atomic E-state index is -4.74. The van der Waals surface area contributed by atoms with Crippen molar-refractivity contribution in [2.24, 2.45) is 11.1 Å². The van der Waals surface area contributed by atoms with Crippen LogP contribution in [0.3, 0.4) is 0 Å². The molecule has 1 rings (SSSR count). The largest absolute Gasteiger partial charge is 0.415 e.